The van der Waals surface area contributed by atoms with Gasteiger partial charge in [0.25, 0.3) is 0 Å². The Labute approximate surface area is 156 Å². The maximum absolute atomic E-state index is 12.7. The van der Waals surface area contributed by atoms with Crippen molar-refractivity contribution in [3.05, 3.63) is 101 Å². The molecule has 1 aliphatic heterocycles. The molecular formula is C23H16O4. The normalized spacial score (nSPS) is 15.3. The van der Waals surface area contributed by atoms with Crippen molar-refractivity contribution in [2.75, 3.05) is 0 Å². The van der Waals surface area contributed by atoms with Crippen molar-refractivity contribution in [2.24, 2.45) is 0 Å². The zero-order chi connectivity index (χ0) is 18.8. The Morgan fingerprint density at radius 2 is 1.22 bits per heavy atom. The van der Waals surface area contributed by atoms with E-state index < -0.39 is 5.97 Å². The van der Waals surface area contributed by atoms with Gasteiger partial charge in [-0.2, -0.15) is 0 Å². The van der Waals surface area contributed by atoms with Crippen molar-refractivity contribution in [1.82, 2.24) is 0 Å². The van der Waals surface area contributed by atoms with Crippen LogP contribution in [0.3, 0.4) is 0 Å². The van der Waals surface area contributed by atoms with Gasteiger partial charge in [0.05, 0.1) is 5.57 Å². The minimum Gasteiger partial charge on any atom is -0.508 e. The predicted octanol–water partition coefficient (Wildman–Crippen LogP) is 4.61. The summed E-state index contributed by atoms with van der Waals surface area (Å²) in [5, 5.41) is 19.1. The highest BCUT2D eigenvalue weighted by Gasteiger charge is 2.31. The van der Waals surface area contributed by atoms with Gasteiger partial charge in [-0.05, 0) is 47.0 Å². The second kappa shape index (κ2) is 6.84. The topological polar surface area (TPSA) is 66.8 Å². The number of phenolic OH excluding ortho intramolecular Hbond substituents is 2. The van der Waals surface area contributed by atoms with E-state index in [9.17, 15) is 15.0 Å². The average Bonchev–Trinajstić information content (AvgIpc) is 3.01. The second-order valence-corrected chi connectivity index (χ2v) is 6.15. The summed E-state index contributed by atoms with van der Waals surface area (Å²) < 4.78 is 5.58. The molecule has 0 atom stereocenters. The minimum atomic E-state index is -0.422. The first kappa shape index (κ1) is 16.7. The summed E-state index contributed by atoms with van der Waals surface area (Å²) in [5.41, 5.74) is 3.47. The van der Waals surface area contributed by atoms with Gasteiger partial charge in [-0.25, -0.2) is 4.79 Å². The molecule has 0 fully saturated rings. The molecule has 0 unspecified atom stereocenters. The smallest absolute Gasteiger partial charge is 0.344 e. The molecule has 0 bridgehead atoms. The number of aromatic hydroxyl groups is 2. The van der Waals surface area contributed by atoms with Crippen LogP contribution in [0.5, 0.6) is 11.5 Å². The van der Waals surface area contributed by atoms with Gasteiger partial charge in [-0.15, -0.1) is 0 Å². The number of rotatable bonds is 3. The molecule has 3 aromatic rings. The van der Waals surface area contributed by atoms with Crippen LogP contribution in [0.25, 0.3) is 17.2 Å². The van der Waals surface area contributed by atoms with Crippen LogP contribution in [0.4, 0.5) is 0 Å². The molecule has 4 nitrogen and oxygen atoms in total. The molecule has 1 aliphatic rings. The lowest BCUT2D eigenvalue weighted by atomic mass is 9.94. The van der Waals surface area contributed by atoms with Crippen LogP contribution in [0.2, 0.25) is 0 Å². The van der Waals surface area contributed by atoms with E-state index >= 15 is 0 Å². The lowest BCUT2D eigenvalue weighted by molar-refractivity contribution is -0.131. The van der Waals surface area contributed by atoms with E-state index in [0.29, 0.717) is 16.9 Å². The highest BCUT2D eigenvalue weighted by molar-refractivity contribution is 6.30. The lowest BCUT2D eigenvalue weighted by Gasteiger charge is -2.07. The van der Waals surface area contributed by atoms with Gasteiger partial charge in [0.15, 0.2) is 0 Å². The Balaban J connectivity index is 1.91. The second-order valence-electron chi connectivity index (χ2n) is 6.15. The Bertz CT molecular complexity index is 1040. The Kier molecular flexibility index (Phi) is 4.22. The Morgan fingerprint density at radius 1 is 0.667 bits per heavy atom. The monoisotopic (exact) mass is 356 g/mol. The highest BCUT2D eigenvalue weighted by Crippen LogP contribution is 2.40. The van der Waals surface area contributed by atoms with Crippen LogP contribution in [-0.4, -0.2) is 16.2 Å². The van der Waals surface area contributed by atoms with Crippen LogP contribution >= 0.6 is 0 Å². The first-order valence-electron chi connectivity index (χ1n) is 8.44. The summed E-state index contributed by atoms with van der Waals surface area (Å²) >= 11 is 0. The summed E-state index contributed by atoms with van der Waals surface area (Å²) in [5.74, 6) is 0.319. The molecule has 4 rings (SSSR count). The predicted molar refractivity (Wildman–Crippen MR) is 104 cm³/mol. The molecule has 27 heavy (non-hydrogen) atoms. The largest absolute Gasteiger partial charge is 0.508 e. The van der Waals surface area contributed by atoms with Gasteiger partial charge >= 0.3 is 5.97 Å². The molecule has 0 saturated carbocycles. The molecule has 1 heterocycles. The molecule has 4 heteroatoms. The maximum atomic E-state index is 12.7. The van der Waals surface area contributed by atoms with Gasteiger partial charge in [0.2, 0.25) is 0 Å². The van der Waals surface area contributed by atoms with E-state index in [2.05, 4.69) is 0 Å². The van der Waals surface area contributed by atoms with Crippen molar-refractivity contribution in [1.29, 1.82) is 0 Å². The Hall–Kier alpha value is -3.79. The third-order valence-corrected chi connectivity index (χ3v) is 4.31. The first-order valence-corrected chi connectivity index (χ1v) is 8.44. The van der Waals surface area contributed by atoms with E-state index in [1.165, 1.54) is 0 Å². The number of benzene rings is 3. The maximum Gasteiger partial charge on any atom is 0.344 e. The number of carbonyl (C=O) groups is 1. The fraction of sp³-hybridized carbons (Fsp3) is 0. The minimum absolute atomic E-state index is 0.148. The van der Waals surface area contributed by atoms with Crippen molar-refractivity contribution in [3.63, 3.8) is 0 Å². The van der Waals surface area contributed by atoms with E-state index in [1.807, 2.05) is 30.3 Å². The summed E-state index contributed by atoms with van der Waals surface area (Å²) in [6.45, 7) is 0. The van der Waals surface area contributed by atoms with Gasteiger partial charge in [0.1, 0.15) is 17.3 Å². The molecular weight excluding hydrogens is 340 g/mol. The Morgan fingerprint density at radius 3 is 1.85 bits per heavy atom. The summed E-state index contributed by atoms with van der Waals surface area (Å²) in [6, 6.07) is 22.6. The number of hydrogen-bond donors (Lipinski definition) is 2. The number of cyclic esters (lactones) is 1. The van der Waals surface area contributed by atoms with E-state index in [4.69, 9.17) is 4.74 Å². The molecule has 0 spiro atoms. The van der Waals surface area contributed by atoms with Crippen LogP contribution < -0.4 is 0 Å². The van der Waals surface area contributed by atoms with Gasteiger partial charge < -0.3 is 14.9 Å². The van der Waals surface area contributed by atoms with E-state index in [1.54, 1.807) is 54.6 Å². The van der Waals surface area contributed by atoms with Crippen LogP contribution in [0.1, 0.15) is 16.7 Å². The van der Waals surface area contributed by atoms with Crippen LogP contribution in [0.15, 0.2) is 84.6 Å². The number of allylic oxidation sites excluding steroid dienone is 1. The average molecular weight is 356 g/mol. The summed E-state index contributed by atoms with van der Waals surface area (Å²) in [7, 11) is 0. The summed E-state index contributed by atoms with van der Waals surface area (Å²) in [6.07, 6.45) is 1.76. The van der Waals surface area contributed by atoms with Gasteiger partial charge in [-0.3, -0.25) is 0 Å². The lowest BCUT2D eigenvalue weighted by Crippen LogP contribution is -1.98. The SMILES string of the molecule is O=C1O/C(=C\c2ccc(O)cc2)C(c2ccc(O)cc2)=C1c1ccccc1. The van der Waals surface area contributed by atoms with E-state index in [-0.39, 0.29) is 11.5 Å². The molecule has 2 N–H and O–H groups in total. The van der Waals surface area contributed by atoms with Gasteiger partial charge in [-0.1, -0.05) is 54.6 Å². The number of hydrogen-bond acceptors (Lipinski definition) is 4. The third kappa shape index (κ3) is 3.33. The van der Waals surface area contributed by atoms with Crippen molar-refractivity contribution < 1.29 is 19.7 Å². The number of phenols is 2. The van der Waals surface area contributed by atoms with Crippen LogP contribution in [0, 0.1) is 0 Å². The molecule has 132 valence electrons. The summed E-state index contributed by atoms with van der Waals surface area (Å²) in [4.78, 5) is 12.7. The molecule has 0 aliphatic carbocycles. The third-order valence-electron chi connectivity index (χ3n) is 4.31. The fourth-order valence-electron chi connectivity index (χ4n) is 3.03. The standard InChI is InChI=1S/C23H16O4/c24-18-10-6-15(7-11-18)14-20-21(17-8-12-19(25)13-9-17)22(23(26)27-20)16-4-2-1-3-5-16/h1-14,24-25H/b20-14-. The molecule has 0 radical (unpaired) electrons. The number of ether oxygens (including phenoxy) is 1. The fourth-order valence-corrected chi connectivity index (χ4v) is 3.03. The van der Waals surface area contributed by atoms with Crippen LogP contribution in [-0.2, 0) is 9.53 Å². The molecule has 0 saturated heterocycles. The first-order chi connectivity index (χ1) is 13.1. The highest BCUT2D eigenvalue weighted by atomic mass is 16.5. The number of carbonyl (C=O) groups excluding carboxylic acids is 1. The molecule has 3 aromatic carbocycles. The number of esters is 1. The van der Waals surface area contributed by atoms with Gasteiger partial charge in [0, 0.05) is 5.57 Å². The van der Waals surface area contributed by atoms with Crippen molar-refractivity contribution >= 4 is 23.2 Å². The quantitative estimate of drug-likeness (QED) is 0.673. The van der Waals surface area contributed by atoms with E-state index in [0.717, 1.165) is 16.7 Å². The molecule has 0 amide bonds. The van der Waals surface area contributed by atoms with Crippen molar-refractivity contribution in [2.45, 2.75) is 0 Å². The molecule has 0 aromatic heterocycles. The van der Waals surface area contributed by atoms with Crippen molar-refractivity contribution in [3.8, 4) is 11.5 Å². The zero-order valence-electron chi connectivity index (χ0n) is 14.3. The zero-order valence-corrected chi connectivity index (χ0v) is 14.3.